The Balaban J connectivity index is 3.27. The number of aldehydes is 1. The molecule has 64 valence electrons. The van der Waals surface area contributed by atoms with E-state index < -0.39 is 0 Å². The van der Waals surface area contributed by atoms with Gasteiger partial charge in [0.25, 0.3) is 0 Å². The maximum Gasteiger partial charge on any atom is 0.151 e. The molecule has 1 unspecified atom stereocenters. The van der Waals surface area contributed by atoms with Crippen molar-refractivity contribution in [3.8, 4) is 0 Å². The summed E-state index contributed by atoms with van der Waals surface area (Å²) in [6.07, 6.45) is 0.787. The molecule has 0 aromatic heterocycles. The summed E-state index contributed by atoms with van der Waals surface area (Å²) in [5, 5.41) is 0.508. The fraction of sp³-hybridized carbons (Fsp3) is 0.222. The van der Waals surface area contributed by atoms with Crippen molar-refractivity contribution in [3.63, 3.8) is 0 Å². The molecule has 0 radical (unpaired) electrons. The highest BCUT2D eigenvalue weighted by atomic mass is 79.9. The van der Waals surface area contributed by atoms with Gasteiger partial charge in [-0.3, -0.25) is 4.79 Å². The zero-order valence-electron chi connectivity index (χ0n) is 6.55. The lowest BCUT2D eigenvalue weighted by Gasteiger charge is -2.07. The Bertz CT molecular complexity index is 297. The lowest BCUT2D eigenvalue weighted by atomic mass is 10.1. The van der Waals surface area contributed by atoms with Crippen molar-refractivity contribution in [2.24, 2.45) is 0 Å². The van der Waals surface area contributed by atoms with Crippen molar-refractivity contribution in [1.82, 2.24) is 0 Å². The Morgan fingerprint density at radius 3 is 2.67 bits per heavy atom. The van der Waals surface area contributed by atoms with Crippen LogP contribution in [0, 0.1) is 0 Å². The summed E-state index contributed by atoms with van der Waals surface area (Å²) in [5.74, 6) is 0. The minimum absolute atomic E-state index is 0.149. The fourth-order valence-corrected chi connectivity index (χ4v) is 1.65. The van der Waals surface area contributed by atoms with E-state index in [-0.39, 0.29) is 4.83 Å². The van der Waals surface area contributed by atoms with E-state index in [4.69, 9.17) is 11.6 Å². The second-order valence-corrected chi connectivity index (χ2v) is 4.26. The van der Waals surface area contributed by atoms with Gasteiger partial charge in [-0.2, -0.15) is 0 Å². The van der Waals surface area contributed by atoms with Crippen LogP contribution in [0.1, 0.15) is 27.7 Å². The van der Waals surface area contributed by atoms with Gasteiger partial charge in [-0.05, 0) is 18.6 Å². The van der Waals surface area contributed by atoms with Crippen LogP contribution in [0.3, 0.4) is 0 Å². The van der Waals surface area contributed by atoms with Gasteiger partial charge < -0.3 is 0 Å². The van der Waals surface area contributed by atoms with Gasteiger partial charge in [0.2, 0.25) is 0 Å². The van der Waals surface area contributed by atoms with Crippen molar-refractivity contribution in [2.75, 3.05) is 0 Å². The molecule has 0 saturated heterocycles. The van der Waals surface area contributed by atoms with Crippen LogP contribution in [-0.2, 0) is 0 Å². The predicted molar refractivity (Wildman–Crippen MR) is 54.2 cm³/mol. The van der Waals surface area contributed by atoms with Gasteiger partial charge in [-0.1, -0.05) is 39.7 Å². The molecule has 0 amide bonds. The van der Waals surface area contributed by atoms with Crippen LogP contribution in [-0.4, -0.2) is 6.29 Å². The van der Waals surface area contributed by atoms with Gasteiger partial charge in [-0.15, -0.1) is 0 Å². The molecule has 3 heteroatoms. The zero-order valence-corrected chi connectivity index (χ0v) is 8.89. The molecule has 0 N–H and O–H groups in total. The molecule has 0 heterocycles. The largest absolute Gasteiger partial charge is 0.298 e. The van der Waals surface area contributed by atoms with Crippen LogP contribution in [0.5, 0.6) is 0 Å². The molecule has 1 aromatic rings. The Labute approximate surface area is 84.9 Å². The van der Waals surface area contributed by atoms with Crippen LogP contribution in [0.4, 0.5) is 0 Å². The maximum atomic E-state index is 10.6. The fourth-order valence-electron chi connectivity index (χ4n) is 1.02. The van der Waals surface area contributed by atoms with Crippen molar-refractivity contribution in [3.05, 3.63) is 34.3 Å². The predicted octanol–water partition coefficient (Wildman–Crippen LogP) is 3.61. The Morgan fingerprint density at radius 2 is 2.25 bits per heavy atom. The van der Waals surface area contributed by atoms with Crippen LogP contribution in [0.25, 0.3) is 0 Å². The second-order valence-electron chi connectivity index (χ2n) is 2.48. The molecule has 0 aliphatic heterocycles. The summed E-state index contributed by atoms with van der Waals surface area (Å²) in [4.78, 5) is 10.8. The highest BCUT2D eigenvalue weighted by Gasteiger charge is 2.09. The summed E-state index contributed by atoms with van der Waals surface area (Å²) in [7, 11) is 0. The molecule has 1 aromatic carbocycles. The number of rotatable bonds is 2. The number of hydrogen-bond donors (Lipinski definition) is 0. The first-order valence-corrected chi connectivity index (χ1v) is 4.84. The van der Waals surface area contributed by atoms with Crippen LogP contribution in [0.15, 0.2) is 18.2 Å². The highest BCUT2D eigenvalue weighted by molar-refractivity contribution is 9.09. The number of benzene rings is 1. The molecule has 0 spiro atoms. The molecule has 0 bridgehead atoms. The van der Waals surface area contributed by atoms with E-state index in [2.05, 4.69) is 15.9 Å². The van der Waals surface area contributed by atoms with Gasteiger partial charge in [0, 0.05) is 10.4 Å². The molecular weight excluding hydrogens is 239 g/mol. The number of carbonyl (C=O) groups is 1. The van der Waals surface area contributed by atoms with Gasteiger partial charge in [0.1, 0.15) is 0 Å². The van der Waals surface area contributed by atoms with E-state index in [9.17, 15) is 4.79 Å². The Kier molecular flexibility index (Phi) is 3.29. The lowest BCUT2D eigenvalue weighted by molar-refractivity contribution is 0.112. The van der Waals surface area contributed by atoms with Gasteiger partial charge >= 0.3 is 0 Å². The standard InChI is InChI=1S/C9H8BrClO/c1-6(10)7-3-2-4-9(11)8(7)5-12/h2-6H,1H3. The molecular formula is C9H8BrClO. The zero-order chi connectivity index (χ0) is 9.14. The van der Waals surface area contributed by atoms with E-state index in [1.165, 1.54) is 0 Å². The quantitative estimate of drug-likeness (QED) is 0.576. The molecule has 1 atom stereocenters. The molecule has 0 saturated carbocycles. The van der Waals surface area contributed by atoms with Crippen LogP contribution < -0.4 is 0 Å². The second kappa shape index (κ2) is 4.06. The third-order valence-electron chi connectivity index (χ3n) is 1.63. The minimum Gasteiger partial charge on any atom is -0.298 e. The molecule has 0 aliphatic rings. The highest BCUT2D eigenvalue weighted by Crippen LogP contribution is 2.28. The number of alkyl halides is 1. The van der Waals surface area contributed by atoms with Crippen LogP contribution >= 0.6 is 27.5 Å². The van der Waals surface area contributed by atoms with Gasteiger partial charge in [0.05, 0.1) is 5.02 Å². The van der Waals surface area contributed by atoms with Crippen LogP contribution in [0.2, 0.25) is 5.02 Å². The van der Waals surface area contributed by atoms with Crippen molar-refractivity contribution < 1.29 is 4.79 Å². The number of carbonyl (C=O) groups excluding carboxylic acids is 1. The summed E-state index contributed by atoms with van der Waals surface area (Å²) in [6, 6.07) is 5.43. The third-order valence-corrected chi connectivity index (χ3v) is 2.46. The van der Waals surface area contributed by atoms with Crippen molar-refractivity contribution in [1.29, 1.82) is 0 Å². The topological polar surface area (TPSA) is 17.1 Å². The molecule has 1 rings (SSSR count). The van der Waals surface area contributed by atoms with Gasteiger partial charge in [-0.25, -0.2) is 0 Å². The molecule has 12 heavy (non-hydrogen) atoms. The average Bonchev–Trinajstić information content (AvgIpc) is 2.03. The number of halogens is 2. The SMILES string of the molecule is CC(Br)c1cccc(Cl)c1C=O. The van der Waals surface area contributed by atoms with Crippen molar-refractivity contribution in [2.45, 2.75) is 11.8 Å². The van der Waals surface area contributed by atoms with Crippen molar-refractivity contribution >= 4 is 33.8 Å². The summed E-state index contributed by atoms with van der Waals surface area (Å²) in [5.41, 5.74) is 1.50. The molecule has 0 fully saturated rings. The molecule has 0 aliphatic carbocycles. The van der Waals surface area contributed by atoms with E-state index >= 15 is 0 Å². The van der Waals surface area contributed by atoms with Gasteiger partial charge in [0.15, 0.2) is 6.29 Å². The van der Waals surface area contributed by atoms with E-state index in [0.29, 0.717) is 10.6 Å². The first-order chi connectivity index (χ1) is 5.66. The summed E-state index contributed by atoms with van der Waals surface area (Å²) < 4.78 is 0. The smallest absolute Gasteiger partial charge is 0.151 e. The normalized spacial score (nSPS) is 12.6. The first-order valence-electron chi connectivity index (χ1n) is 3.54. The maximum absolute atomic E-state index is 10.6. The van der Waals surface area contributed by atoms with E-state index in [0.717, 1.165) is 11.8 Å². The van der Waals surface area contributed by atoms with E-state index in [1.807, 2.05) is 19.1 Å². The summed E-state index contributed by atoms with van der Waals surface area (Å²) >= 11 is 9.21. The minimum atomic E-state index is 0.149. The average molecular weight is 248 g/mol. The molecule has 1 nitrogen and oxygen atoms in total. The monoisotopic (exact) mass is 246 g/mol. The Hall–Kier alpha value is -0.340. The first kappa shape index (κ1) is 9.75. The lowest BCUT2D eigenvalue weighted by Crippen LogP contribution is -1.93. The van der Waals surface area contributed by atoms with E-state index in [1.54, 1.807) is 6.07 Å². The Morgan fingerprint density at radius 1 is 1.58 bits per heavy atom. The third kappa shape index (κ3) is 1.87. The summed E-state index contributed by atoms with van der Waals surface area (Å²) in [6.45, 7) is 1.96. The number of hydrogen-bond acceptors (Lipinski definition) is 1.